The Morgan fingerprint density at radius 1 is 1.09 bits per heavy atom. The van der Waals surface area contributed by atoms with E-state index in [0.717, 1.165) is 11.1 Å². The fourth-order valence-corrected chi connectivity index (χ4v) is 3.80. The van der Waals surface area contributed by atoms with Crippen LogP contribution in [0.4, 0.5) is 11.6 Å². The number of para-hydroxylation sites is 1. The van der Waals surface area contributed by atoms with Crippen molar-refractivity contribution in [2.24, 2.45) is 0 Å². The highest BCUT2D eigenvalue weighted by atomic mass is 16.5. The van der Waals surface area contributed by atoms with E-state index in [1.165, 1.54) is 0 Å². The van der Waals surface area contributed by atoms with Crippen molar-refractivity contribution in [2.45, 2.75) is 19.6 Å². The van der Waals surface area contributed by atoms with Crippen molar-refractivity contribution >= 4 is 17.5 Å². The Bertz CT molecular complexity index is 1300. The molecule has 0 saturated heterocycles. The lowest BCUT2D eigenvalue weighted by molar-refractivity contribution is -0.113. The van der Waals surface area contributed by atoms with Crippen molar-refractivity contribution in [1.82, 2.24) is 25.2 Å². The summed E-state index contributed by atoms with van der Waals surface area (Å²) in [6, 6.07) is 20.5. The summed E-state index contributed by atoms with van der Waals surface area (Å²) in [5, 5.41) is 18.1. The number of anilines is 2. The zero-order valence-corrected chi connectivity index (χ0v) is 17.8. The van der Waals surface area contributed by atoms with Crippen LogP contribution in [0.25, 0.3) is 0 Å². The molecule has 0 aliphatic carbocycles. The summed E-state index contributed by atoms with van der Waals surface area (Å²) in [6.07, 6.45) is 3.25. The minimum Gasteiger partial charge on any atom is -0.489 e. The van der Waals surface area contributed by atoms with Crippen LogP contribution in [0.1, 0.15) is 24.1 Å². The Morgan fingerprint density at radius 2 is 1.91 bits per heavy atom. The largest absolute Gasteiger partial charge is 0.489 e. The van der Waals surface area contributed by atoms with Gasteiger partial charge in [-0.05, 0) is 41.1 Å². The number of rotatable bonds is 6. The van der Waals surface area contributed by atoms with Crippen LogP contribution in [0.3, 0.4) is 0 Å². The first-order valence-corrected chi connectivity index (χ1v) is 10.4. The van der Waals surface area contributed by atoms with Crippen LogP contribution in [0.15, 0.2) is 90.4 Å². The molecule has 5 rings (SSSR count). The Labute approximate surface area is 190 Å². The molecule has 3 heterocycles. The second kappa shape index (κ2) is 8.91. The topological polar surface area (TPSA) is 107 Å². The SMILES string of the molecule is CC1=C(C(=O)Nc2cccnc2)C(c2ccccc2OCc2ccccc2)n2nnnc2N1. The Balaban J connectivity index is 1.53. The quantitative estimate of drug-likeness (QED) is 0.473. The van der Waals surface area contributed by atoms with E-state index in [1.807, 2.05) is 61.5 Å². The maximum absolute atomic E-state index is 13.4. The standard InChI is InChI=1S/C24H21N7O2/c1-16-21(23(32)27-18-10-7-13-25-14-18)22(31-24(26-16)28-29-30-31)19-11-5-6-12-20(19)33-15-17-8-3-2-4-9-17/h2-14,22H,15H2,1H3,(H,27,32)(H,26,28,30). The second-order valence-electron chi connectivity index (χ2n) is 7.52. The van der Waals surface area contributed by atoms with E-state index < -0.39 is 6.04 Å². The molecule has 0 radical (unpaired) electrons. The lowest BCUT2D eigenvalue weighted by Crippen LogP contribution is -2.31. The number of carbonyl (C=O) groups is 1. The number of nitrogens with one attached hydrogen (secondary N) is 2. The van der Waals surface area contributed by atoms with E-state index >= 15 is 0 Å². The van der Waals surface area contributed by atoms with Gasteiger partial charge in [0.15, 0.2) is 0 Å². The van der Waals surface area contributed by atoms with Crippen LogP contribution in [-0.4, -0.2) is 31.1 Å². The third-order valence-corrected chi connectivity index (χ3v) is 5.33. The minimum atomic E-state index is -0.583. The fourth-order valence-electron chi connectivity index (χ4n) is 3.80. The van der Waals surface area contributed by atoms with Crippen molar-refractivity contribution < 1.29 is 9.53 Å². The van der Waals surface area contributed by atoms with E-state index in [1.54, 1.807) is 29.2 Å². The fraction of sp³-hybridized carbons (Fsp3) is 0.125. The summed E-state index contributed by atoms with van der Waals surface area (Å²) in [5.74, 6) is 0.819. The van der Waals surface area contributed by atoms with Gasteiger partial charge in [-0.25, -0.2) is 0 Å². The van der Waals surface area contributed by atoms with Gasteiger partial charge < -0.3 is 15.4 Å². The van der Waals surface area contributed by atoms with Crippen molar-refractivity contribution in [1.29, 1.82) is 0 Å². The monoisotopic (exact) mass is 439 g/mol. The molecule has 2 aromatic heterocycles. The molecule has 2 aromatic carbocycles. The summed E-state index contributed by atoms with van der Waals surface area (Å²) < 4.78 is 7.78. The Hall–Kier alpha value is -4.53. The molecule has 0 fully saturated rings. The summed E-state index contributed by atoms with van der Waals surface area (Å²) in [5.41, 5.74) is 3.55. The number of allylic oxidation sites excluding steroid dienone is 1. The van der Waals surface area contributed by atoms with Gasteiger partial charge in [0.25, 0.3) is 5.91 Å². The maximum atomic E-state index is 13.4. The maximum Gasteiger partial charge on any atom is 0.255 e. The number of carbonyl (C=O) groups excluding carboxylic acids is 1. The van der Waals surface area contributed by atoms with Gasteiger partial charge in [-0.3, -0.25) is 9.78 Å². The number of tetrazole rings is 1. The molecule has 1 amide bonds. The molecule has 1 aliphatic heterocycles. The van der Waals surface area contributed by atoms with Crippen molar-refractivity contribution in [3.8, 4) is 5.75 Å². The zero-order valence-electron chi connectivity index (χ0n) is 17.8. The number of nitrogens with zero attached hydrogens (tertiary/aromatic N) is 5. The van der Waals surface area contributed by atoms with E-state index in [-0.39, 0.29) is 5.91 Å². The molecule has 0 spiro atoms. The van der Waals surface area contributed by atoms with Crippen LogP contribution >= 0.6 is 0 Å². The molecule has 4 aromatic rings. The number of hydrogen-bond acceptors (Lipinski definition) is 7. The number of ether oxygens (including phenoxy) is 1. The lowest BCUT2D eigenvalue weighted by Gasteiger charge is -2.29. The summed E-state index contributed by atoms with van der Waals surface area (Å²) in [7, 11) is 0. The van der Waals surface area contributed by atoms with Gasteiger partial charge in [0.2, 0.25) is 5.95 Å². The Kier molecular flexibility index (Phi) is 5.50. The molecule has 1 unspecified atom stereocenters. The third-order valence-electron chi connectivity index (χ3n) is 5.33. The third kappa shape index (κ3) is 4.16. The molecule has 0 bridgehead atoms. The van der Waals surface area contributed by atoms with Gasteiger partial charge in [0.05, 0.1) is 17.5 Å². The van der Waals surface area contributed by atoms with Gasteiger partial charge in [-0.1, -0.05) is 53.6 Å². The minimum absolute atomic E-state index is 0.281. The first-order valence-electron chi connectivity index (χ1n) is 10.4. The van der Waals surface area contributed by atoms with Gasteiger partial charge in [0, 0.05) is 17.5 Å². The van der Waals surface area contributed by atoms with E-state index in [2.05, 4.69) is 31.1 Å². The number of pyridine rings is 1. The number of amides is 1. The molecule has 1 aliphatic rings. The summed E-state index contributed by atoms with van der Waals surface area (Å²) in [4.78, 5) is 17.5. The van der Waals surface area contributed by atoms with Gasteiger partial charge in [-0.15, -0.1) is 0 Å². The van der Waals surface area contributed by atoms with Crippen LogP contribution in [0.5, 0.6) is 5.75 Å². The average molecular weight is 439 g/mol. The van der Waals surface area contributed by atoms with E-state index in [9.17, 15) is 4.79 Å². The van der Waals surface area contributed by atoms with Gasteiger partial charge in [-0.2, -0.15) is 4.68 Å². The average Bonchev–Trinajstić information content (AvgIpc) is 3.31. The second-order valence-corrected chi connectivity index (χ2v) is 7.52. The highest BCUT2D eigenvalue weighted by Crippen LogP contribution is 2.39. The van der Waals surface area contributed by atoms with E-state index in [0.29, 0.717) is 35.3 Å². The molecule has 9 heteroatoms. The molecular formula is C24H21N7O2. The molecule has 9 nitrogen and oxygen atoms in total. The van der Waals surface area contributed by atoms with Gasteiger partial charge >= 0.3 is 0 Å². The lowest BCUT2D eigenvalue weighted by atomic mass is 9.94. The predicted octanol–water partition coefficient (Wildman–Crippen LogP) is 3.57. The number of benzene rings is 2. The van der Waals surface area contributed by atoms with Crippen molar-refractivity contribution in [3.05, 3.63) is 102 Å². The van der Waals surface area contributed by atoms with Crippen molar-refractivity contribution in [2.75, 3.05) is 10.6 Å². The highest BCUT2D eigenvalue weighted by Gasteiger charge is 2.35. The van der Waals surface area contributed by atoms with Crippen LogP contribution in [0.2, 0.25) is 0 Å². The smallest absolute Gasteiger partial charge is 0.255 e. The van der Waals surface area contributed by atoms with Crippen LogP contribution < -0.4 is 15.4 Å². The van der Waals surface area contributed by atoms with Crippen LogP contribution in [-0.2, 0) is 11.4 Å². The van der Waals surface area contributed by atoms with Crippen LogP contribution in [0, 0.1) is 0 Å². The first kappa shape index (κ1) is 20.4. The molecule has 1 atom stereocenters. The molecule has 0 saturated carbocycles. The summed E-state index contributed by atoms with van der Waals surface area (Å²) in [6.45, 7) is 2.22. The molecule has 164 valence electrons. The zero-order chi connectivity index (χ0) is 22.6. The first-order chi connectivity index (χ1) is 16.2. The number of hydrogen-bond donors (Lipinski definition) is 2. The highest BCUT2D eigenvalue weighted by molar-refractivity contribution is 6.06. The molecule has 2 N–H and O–H groups in total. The van der Waals surface area contributed by atoms with Crippen molar-refractivity contribution in [3.63, 3.8) is 0 Å². The van der Waals surface area contributed by atoms with E-state index in [4.69, 9.17) is 4.74 Å². The van der Waals surface area contributed by atoms with Gasteiger partial charge in [0.1, 0.15) is 18.4 Å². The Morgan fingerprint density at radius 3 is 2.73 bits per heavy atom. The predicted molar refractivity (Wildman–Crippen MR) is 122 cm³/mol. The normalized spacial score (nSPS) is 14.9. The number of aromatic nitrogens is 5. The molecular weight excluding hydrogens is 418 g/mol. The number of fused-ring (bicyclic) bond motifs is 1. The molecule has 33 heavy (non-hydrogen) atoms. The summed E-state index contributed by atoms with van der Waals surface area (Å²) >= 11 is 0.